The molecule has 1 atom stereocenters. The number of carboxylic acids is 1. The summed E-state index contributed by atoms with van der Waals surface area (Å²) in [4.78, 5) is 12.9. The summed E-state index contributed by atoms with van der Waals surface area (Å²) in [6.45, 7) is 1.23. The molecule has 17 heavy (non-hydrogen) atoms. The standard InChI is InChI=1S/C12H19F2NO2/c13-11(14)9-5-6-15(7-9)10-3-1-8(2-4-10)12(16)17/h8-11H,1-7H2,(H,16,17)/t8?,9-,10?/m0/s1. The number of likely N-dealkylation sites (tertiary alicyclic amines) is 1. The number of hydrogen-bond acceptors (Lipinski definition) is 2. The van der Waals surface area contributed by atoms with Gasteiger partial charge in [-0.2, -0.15) is 0 Å². The van der Waals surface area contributed by atoms with E-state index < -0.39 is 18.3 Å². The minimum atomic E-state index is -2.21. The molecule has 5 heteroatoms. The highest BCUT2D eigenvalue weighted by Crippen LogP contribution is 2.32. The zero-order valence-corrected chi connectivity index (χ0v) is 9.82. The summed E-state index contributed by atoms with van der Waals surface area (Å²) in [5.41, 5.74) is 0. The van der Waals surface area contributed by atoms with Crippen LogP contribution in [0.5, 0.6) is 0 Å². The van der Waals surface area contributed by atoms with E-state index in [2.05, 4.69) is 4.90 Å². The monoisotopic (exact) mass is 247 g/mol. The Kier molecular flexibility index (Phi) is 3.97. The van der Waals surface area contributed by atoms with Gasteiger partial charge >= 0.3 is 5.97 Å². The number of rotatable bonds is 3. The number of halogens is 2. The van der Waals surface area contributed by atoms with Crippen molar-refractivity contribution in [1.82, 2.24) is 4.90 Å². The van der Waals surface area contributed by atoms with Gasteiger partial charge in [0.05, 0.1) is 5.92 Å². The zero-order chi connectivity index (χ0) is 12.4. The average Bonchev–Trinajstić information content (AvgIpc) is 2.78. The SMILES string of the molecule is O=C(O)C1CCC(N2CC[C@H](C(F)F)C2)CC1. The molecule has 1 N–H and O–H groups in total. The van der Waals surface area contributed by atoms with Gasteiger partial charge in [-0.1, -0.05) is 0 Å². The second-order valence-electron chi connectivity index (χ2n) is 5.22. The molecule has 2 rings (SSSR count). The van der Waals surface area contributed by atoms with Crippen LogP contribution in [-0.4, -0.2) is 41.5 Å². The van der Waals surface area contributed by atoms with Gasteiger partial charge in [0.15, 0.2) is 0 Å². The molecule has 1 heterocycles. The number of hydrogen-bond donors (Lipinski definition) is 1. The highest BCUT2D eigenvalue weighted by molar-refractivity contribution is 5.70. The van der Waals surface area contributed by atoms with E-state index in [-0.39, 0.29) is 5.92 Å². The van der Waals surface area contributed by atoms with Crippen LogP contribution in [0.25, 0.3) is 0 Å². The number of alkyl halides is 2. The Hall–Kier alpha value is -0.710. The van der Waals surface area contributed by atoms with E-state index in [9.17, 15) is 13.6 Å². The van der Waals surface area contributed by atoms with Crippen LogP contribution in [0.3, 0.4) is 0 Å². The maximum Gasteiger partial charge on any atom is 0.306 e. The van der Waals surface area contributed by atoms with E-state index in [0.717, 1.165) is 19.4 Å². The second kappa shape index (κ2) is 5.29. The van der Waals surface area contributed by atoms with Crippen molar-refractivity contribution in [2.24, 2.45) is 11.8 Å². The van der Waals surface area contributed by atoms with Crippen molar-refractivity contribution in [3.63, 3.8) is 0 Å². The first kappa shape index (κ1) is 12.7. The topological polar surface area (TPSA) is 40.5 Å². The van der Waals surface area contributed by atoms with Crippen LogP contribution in [0.1, 0.15) is 32.1 Å². The Bertz CT molecular complexity index is 278. The minimum Gasteiger partial charge on any atom is -0.481 e. The number of carbonyl (C=O) groups is 1. The van der Waals surface area contributed by atoms with Gasteiger partial charge in [0.2, 0.25) is 6.43 Å². The molecule has 3 nitrogen and oxygen atoms in total. The van der Waals surface area contributed by atoms with E-state index in [1.54, 1.807) is 0 Å². The third-order valence-corrected chi connectivity index (χ3v) is 4.17. The van der Waals surface area contributed by atoms with Crippen molar-refractivity contribution < 1.29 is 18.7 Å². The number of aliphatic carboxylic acids is 1. The molecule has 0 amide bonds. The maximum atomic E-state index is 12.5. The molecule has 98 valence electrons. The maximum absolute atomic E-state index is 12.5. The fourth-order valence-electron chi connectivity index (χ4n) is 3.04. The predicted octanol–water partition coefficient (Wildman–Crippen LogP) is 2.22. The van der Waals surface area contributed by atoms with Crippen molar-refractivity contribution in [2.75, 3.05) is 13.1 Å². The highest BCUT2D eigenvalue weighted by atomic mass is 19.3. The van der Waals surface area contributed by atoms with E-state index in [1.165, 1.54) is 0 Å². The predicted molar refractivity (Wildman–Crippen MR) is 59.1 cm³/mol. The summed E-state index contributed by atoms with van der Waals surface area (Å²) in [6.07, 6.45) is 1.43. The summed E-state index contributed by atoms with van der Waals surface area (Å²) >= 11 is 0. The number of carboxylic acid groups (broad SMARTS) is 1. The van der Waals surface area contributed by atoms with Crippen molar-refractivity contribution >= 4 is 5.97 Å². The lowest BCUT2D eigenvalue weighted by Crippen LogP contribution is -2.38. The molecule has 2 fully saturated rings. The fraction of sp³-hybridized carbons (Fsp3) is 0.917. The first-order valence-corrected chi connectivity index (χ1v) is 6.33. The van der Waals surface area contributed by atoms with Gasteiger partial charge in [-0.25, -0.2) is 8.78 Å². The summed E-state index contributed by atoms with van der Waals surface area (Å²) in [6, 6.07) is 0.328. The number of nitrogens with zero attached hydrogens (tertiary/aromatic N) is 1. The Labute approximate surface area is 99.8 Å². The highest BCUT2D eigenvalue weighted by Gasteiger charge is 2.35. The first-order valence-electron chi connectivity index (χ1n) is 6.33. The van der Waals surface area contributed by atoms with Crippen molar-refractivity contribution in [2.45, 2.75) is 44.6 Å². The van der Waals surface area contributed by atoms with Gasteiger partial charge in [-0.05, 0) is 38.6 Å². The summed E-state index contributed by atoms with van der Waals surface area (Å²) in [5, 5.41) is 8.89. The second-order valence-corrected chi connectivity index (χ2v) is 5.22. The third kappa shape index (κ3) is 2.94. The summed E-state index contributed by atoms with van der Waals surface area (Å²) in [7, 11) is 0. The van der Waals surface area contributed by atoms with Crippen LogP contribution in [0.4, 0.5) is 8.78 Å². The Balaban J connectivity index is 1.80. The molecule has 1 saturated heterocycles. The molecule has 0 bridgehead atoms. The third-order valence-electron chi connectivity index (χ3n) is 4.17. The molecule has 1 aliphatic heterocycles. The Morgan fingerprint density at radius 2 is 1.82 bits per heavy atom. The zero-order valence-electron chi connectivity index (χ0n) is 9.82. The molecule has 0 aromatic carbocycles. The smallest absolute Gasteiger partial charge is 0.306 e. The lowest BCUT2D eigenvalue weighted by molar-refractivity contribution is -0.143. The largest absolute Gasteiger partial charge is 0.481 e. The Morgan fingerprint density at radius 1 is 1.18 bits per heavy atom. The van der Waals surface area contributed by atoms with Crippen LogP contribution in [0.15, 0.2) is 0 Å². The van der Waals surface area contributed by atoms with Crippen molar-refractivity contribution in [3.8, 4) is 0 Å². The summed E-state index contributed by atoms with van der Waals surface area (Å²) < 4.78 is 25.1. The molecular formula is C12H19F2NO2. The van der Waals surface area contributed by atoms with E-state index in [4.69, 9.17) is 5.11 Å². The molecule has 2 aliphatic rings. The van der Waals surface area contributed by atoms with E-state index in [1.807, 2.05) is 0 Å². The molecule has 0 radical (unpaired) electrons. The van der Waals surface area contributed by atoms with E-state index in [0.29, 0.717) is 31.8 Å². The van der Waals surface area contributed by atoms with Crippen molar-refractivity contribution in [1.29, 1.82) is 0 Å². The summed E-state index contributed by atoms with van der Waals surface area (Å²) in [5.74, 6) is -1.41. The van der Waals surface area contributed by atoms with Gasteiger partial charge in [-0.15, -0.1) is 0 Å². The van der Waals surface area contributed by atoms with Gasteiger partial charge in [0.1, 0.15) is 0 Å². The minimum absolute atomic E-state index is 0.222. The molecule has 0 aromatic heterocycles. The lowest BCUT2D eigenvalue weighted by atomic mass is 9.85. The molecular weight excluding hydrogens is 228 g/mol. The molecule has 1 saturated carbocycles. The first-order chi connectivity index (χ1) is 8.08. The van der Waals surface area contributed by atoms with Crippen LogP contribution in [0, 0.1) is 11.8 Å². The van der Waals surface area contributed by atoms with Gasteiger partial charge in [0.25, 0.3) is 0 Å². The average molecular weight is 247 g/mol. The quantitative estimate of drug-likeness (QED) is 0.831. The molecule has 0 aromatic rings. The van der Waals surface area contributed by atoms with Gasteiger partial charge in [0, 0.05) is 18.5 Å². The Morgan fingerprint density at radius 3 is 2.29 bits per heavy atom. The molecule has 0 unspecified atom stereocenters. The van der Waals surface area contributed by atoms with Crippen LogP contribution < -0.4 is 0 Å². The molecule has 0 spiro atoms. The normalized spacial score (nSPS) is 35.4. The van der Waals surface area contributed by atoms with Crippen LogP contribution in [0.2, 0.25) is 0 Å². The van der Waals surface area contributed by atoms with Crippen LogP contribution in [-0.2, 0) is 4.79 Å². The van der Waals surface area contributed by atoms with Crippen molar-refractivity contribution in [3.05, 3.63) is 0 Å². The van der Waals surface area contributed by atoms with E-state index >= 15 is 0 Å². The molecule has 1 aliphatic carbocycles. The van der Waals surface area contributed by atoms with Gasteiger partial charge < -0.3 is 5.11 Å². The lowest BCUT2D eigenvalue weighted by Gasteiger charge is -2.33. The van der Waals surface area contributed by atoms with Crippen LogP contribution >= 0.6 is 0 Å². The fourth-order valence-corrected chi connectivity index (χ4v) is 3.04. The van der Waals surface area contributed by atoms with Gasteiger partial charge in [-0.3, -0.25) is 9.69 Å².